The number of anilines is 1. The number of ether oxygens (including phenoxy) is 2. The molecule has 0 amide bonds. The lowest BCUT2D eigenvalue weighted by atomic mass is 9.89. The summed E-state index contributed by atoms with van der Waals surface area (Å²) in [5, 5.41) is 6.97. The standard InChI is InChI=1S/C24H25N3O3S/c1-29-22-14-17(12-13-21(22)30-23(28)19-10-6-3-7-11-19)15-25-27-24-26-20(16-31-24)18-8-4-2-5-9-18/h2,4-5,8-9,12-16,19H,3,6-7,10-11H2,1H3,(H,26,27). The molecule has 3 aromatic rings. The molecule has 1 aliphatic carbocycles. The van der Waals surface area contributed by atoms with Crippen LogP contribution in [0.3, 0.4) is 0 Å². The summed E-state index contributed by atoms with van der Waals surface area (Å²) in [6.07, 6.45) is 6.86. The van der Waals surface area contributed by atoms with E-state index in [1.807, 2.05) is 41.8 Å². The Kier molecular flexibility index (Phi) is 6.94. The number of nitrogens with zero attached hydrogens (tertiary/aromatic N) is 2. The van der Waals surface area contributed by atoms with Crippen LogP contribution in [0.2, 0.25) is 0 Å². The van der Waals surface area contributed by atoms with Crippen molar-refractivity contribution in [3.8, 4) is 22.8 Å². The molecule has 1 heterocycles. The van der Waals surface area contributed by atoms with Gasteiger partial charge in [-0.15, -0.1) is 11.3 Å². The Morgan fingerprint density at radius 2 is 1.94 bits per heavy atom. The van der Waals surface area contributed by atoms with Crippen LogP contribution in [0.4, 0.5) is 5.13 Å². The molecule has 7 heteroatoms. The van der Waals surface area contributed by atoms with Gasteiger partial charge in [0.25, 0.3) is 0 Å². The van der Waals surface area contributed by atoms with Gasteiger partial charge < -0.3 is 9.47 Å². The minimum absolute atomic E-state index is 0.0111. The van der Waals surface area contributed by atoms with Crippen molar-refractivity contribution in [1.29, 1.82) is 0 Å². The topological polar surface area (TPSA) is 72.8 Å². The van der Waals surface area contributed by atoms with Gasteiger partial charge in [-0.1, -0.05) is 49.6 Å². The number of thiazole rings is 1. The fourth-order valence-corrected chi connectivity index (χ4v) is 4.28. The van der Waals surface area contributed by atoms with Gasteiger partial charge in [0.1, 0.15) is 0 Å². The molecule has 1 aromatic heterocycles. The molecular formula is C24H25N3O3S. The lowest BCUT2D eigenvalue weighted by molar-refractivity contribution is -0.140. The summed E-state index contributed by atoms with van der Waals surface area (Å²) in [7, 11) is 1.56. The summed E-state index contributed by atoms with van der Waals surface area (Å²) in [6, 6.07) is 15.4. The summed E-state index contributed by atoms with van der Waals surface area (Å²) < 4.78 is 11.0. The van der Waals surface area contributed by atoms with E-state index in [0.29, 0.717) is 16.6 Å². The Balaban J connectivity index is 1.38. The zero-order chi connectivity index (χ0) is 21.5. The van der Waals surface area contributed by atoms with Gasteiger partial charge in [0.05, 0.1) is 24.9 Å². The molecule has 0 radical (unpaired) electrons. The second-order valence-electron chi connectivity index (χ2n) is 7.44. The summed E-state index contributed by atoms with van der Waals surface area (Å²) in [5.74, 6) is 0.770. The van der Waals surface area contributed by atoms with Crippen molar-refractivity contribution in [3.63, 3.8) is 0 Å². The van der Waals surface area contributed by atoms with Gasteiger partial charge in [0.2, 0.25) is 5.13 Å². The Morgan fingerprint density at radius 1 is 1.13 bits per heavy atom. The van der Waals surface area contributed by atoms with Crippen molar-refractivity contribution < 1.29 is 14.3 Å². The van der Waals surface area contributed by atoms with Crippen LogP contribution in [0, 0.1) is 5.92 Å². The van der Waals surface area contributed by atoms with Gasteiger partial charge in [-0.3, -0.25) is 10.2 Å². The number of hydrogen-bond acceptors (Lipinski definition) is 7. The van der Waals surface area contributed by atoms with Crippen LogP contribution in [0.15, 0.2) is 59.0 Å². The smallest absolute Gasteiger partial charge is 0.314 e. The fraction of sp³-hybridized carbons (Fsp3) is 0.292. The highest BCUT2D eigenvalue weighted by Crippen LogP contribution is 2.31. The van der Waals surface area contributed by atoms with Gasteiger partial charge >= 0.3 is 5.97 Å². The maximum atomic E-state index is 12.4. The van der Waals surface area contributed by atoms with Crippen molar-refractivity contribution in [1.82, 2.24) is 4.98 Å². The second kappa shape index (κ2) is 10.2. The van der Waals surface area contributed by atoms with E-state index in [0.717, 1.165) is 42.5 Å². The molecule has 6 nitrogen and oxygen atoms in total. The van der Waals surface area contributed by atoms with Gasteiger partial charge in [-0.2, -0.15) is 5.10 Å². The monoisotopic (exact) mass is 435 g/mol. The fourth-order valence-electron chi connectivity index (χ4n) is 3.61. The first-order valence-electron chi connectivity index (χ1n) is 10.4. The average molecular weight is 436 g/mol. The zero-order valence-corrected chi connectivity index (χ0v) is 18.2. The number of benzene rings is 2. The predicted octanol–water partition coefficient (Wildman–Crippen LogP) is 5.75. The van der Waals surface area contributed by atoms with Gasteiger partial charge in [-0.05, 0) is 36.6 Å². The number of methoxy groups -OCH3 is 1. The number of hydrogen-bond donors (Lipinski definition) is 1. The van der Waals surface area contributed by atoms with E-state index < -0.39 is 0 Å². The molecule has 1 aliphatic rings. The molecule has 1 fully saturated rings. The molecule has 0 spiro atoms. The highest BCUT2D eigenvalue weighted by atomic mass is 32.1. The molecule has 160 valence electrons. The minimum Gasteiger partial charge on any atom is -0.493 e. The molecule has 0 aliphatic heterocycles. The summed E-state index contributed by atoms with van der Waals surface area (Å²) in [4.78, 5) is 17.0. The molecule has 0 unspecified atom stereocenters. The molecule has 31 heavy (non-hydrogen) atoms. The van der Waals surface area contributed by atoms with Crippen LogP contribution >= 0.6 is 11.3 Å². The quantitative estimate of drug-likeness (QED) is 0.221. The lowest BCUT2D eigenvalue weighted by Crippen LogP contribution is -2.22. The minimum atomic E-state index is -0.168. The van der Waals surface area contributed by atoms with Crippen molar-refractivity contribution in [2.24, 2.45) is 11.0 Å². The molecule has 0 saturated heterocycles. The van der Waals surface area contributed by atoms with E-state index in [4.69, 9.17) is 9.47 Å². The number of aromatic nitrogens is 1. The summed E-state index contributed by atoms with van der Waals surface area (Å²) in [5.41, 5.74) is 5.76. The van der Waals surface area contributed by atoms with Crippen molar-refractivity contribution in [2.75, 3.05) is 12.5 Å². The first kappa shape index (κ1) is 21.1. The number of carbonyl (C=O) groups is 1. The van der Waals surface area contributed by atoms with Crippen LogP contribution in [-0.2, 0) is 4.79 Å². The molecule has 2 aromatic carbocycles. The first-order valence-corrected chi connectivity index (χ1v) is 11.3. The van der Waals surface area contributed by atoms with E-state index in [1.54, 1.807) is 25.5 Å². The third kappa shape index (κ3) is 5.49. The van der Waals surface area contributed by atoms with E-state index in [1.165, 1.54) is 17.8 Å². The lowest BCUT2D eigenvalue weighted by Gasteiger charge is -2.20. The van der Waals surface area contributed by atoms with Crippen molar-refractivity contribution >= 4 is 28.7 Å². The molecule has 1 N–H and O–H groups in total. The van der Waals surface area contributed by atoms with E-state index in [-0.39, 0.29) is 11.9 Å². The van der Waals surface area contributed by atoms with Crippen LogP contribution in [0.1, 0.15) is 37.7 Å². The number of hydrazone groups is 1. The van der Waals surface area contributed by atoms with Gasteiger partial charge in [-0.25, -0.2) is 4.98 Å². The molecule has 0 atom stereocenters. The Labute approximate surface area is 185 Å². The normalized spacial score (nSPS) is 14.5. The first-order chi connectivity index (χ1) is 15.2. The average Bonchev–Trinajstić information content (AvgIpc) is 3.30. The molecule has 1 saturated carbocycles. The highest BCUT2D eigenvalue weighted by molar-refractivity contribution is 7.14. The Hall–Kier alpha value is -3.19. The Bertz CT molecular complexity index is 1040. The maximum Gasteiger partial charge on any atom is 0.314 e. The Morgan fingerprint density at radius 3 is 2.71 bits per heavy atom. The SMILES string of the molecule is COc1cc(C=NNc2nc(-c3ccccc3)cs2)ccc1OC(=O)C1CCCCC1. The number of nitrogens with one attached hydrogen (secondary N) is 1. The zero-order valence-electron chi connectivity index (χ0n) is 17.4. The number of esters is 1. The molecule has 0 bridgehead atoms. The summed E-state index contributed by atoms with van der Waals surface area (Å²) >= 11 is 1.49. The van der Waals surface area contributed by atoms with Crippen molar-refractivity contribution in [3.05, 3.63) is 59.5 Å². The highest BCUT2D eigenvalue weighted by Gasteiger charge is 2.24. The largest absolute Gasteiger partial charge is 0.493 e. The van der Waals surface area contributed by atoms with E-state index >= 15 is 0 Å². The van der Waals surface area contributed by atoms with Gasteiger partial charge in [0.15, 0.2) is 11.5 Å². The molecule has 4 rings (SSSR count). The summed E-state index contributed by atoms with van der Waals surface area (Å²) in [6.45, 7) is 0. The van der Waals surface area contributed by atoms with E-state index in [9.17, 15) is 4.79 Å². The number of rotatable bonds is 7. The van der Waals surface area contributed by atoms with Crippen LogP contribution in [-0.4, -0.2) is 24.3 Å². The van der Waals surface area contributed by atoms with E-state index in [2.05, 4.69) is 15.5 Å². The number of carbonyl (C=O) groups excluding carboxylic acids is 1. The van der Waals surface area contributed by atoms with Crippen LogP contribution < -0.4 is 14.9 Å². The van der Waals surface area contributed by atoms with Gasteiger partial charge in [0, 0.05) is 10.9 Å². The third-order valence-corrected chi connectivity index (χ3v) is 6.03. The second-order valence-corrected chi connectivity index (χ2v) is 8.30. The predicted molar refractivity (Wildman–Crippen MR) is 124 cm³/mol. The van der Waals surface area contributed by atoms with Crippen LogP contribution in [0.25, 0.3) is 11.3 Å². The molecular weight excluding hydrogens is 410 g/mol. The maximum absolute atomic E-state index is 12.4. The van der Waals surface area contributed by atoms with Crippen molar-refractivity contribution in [2.45, 2.75) is 32.1 Å². The third-order valence-electron chi connectivity index (χ3n) is 5.28. The van der Waals surface area contributed by atoms with Crippen LogP contribution in [0.5, 0.6) is 11.5 Å².